The van der Waals surface area contributed by atoms with E-state index in [0.717, 1.165) is 60.9 Å². The van der Waals surface area contributed by atoms with Crippen LogP contribution in [0, 0.1) is 6.92 Å². The molecule has 0 spiro atoms. The Morgan fingerprint density at radius 2 is 0.821 bits per heavy atom. The smallest absolute Gasteiger partial charge is 0.164 e. The maximum absolute atomic E-state index is 6.53. The van der Waals surface area contributed by atoms with Crippen molar-refractivity contribution >= 4 is 54.3 Å². The second-order valence-corrected chi connectivity index (χ2v) is 14.5. The maximum Gasteiger partial charge on any atom is 0.164 e. The number of benzene rings is 9. The van der Waals surface area contributed by atoms with Gasteiger partial charge in [0.15, 0.2) is 17.5 Å². The van der Waals surface area contributed by atoms with Crippen LogP contribution in [0.15, 0.2) is 186 Å². The Labute approximate surface area is 323 Å². The van der Waals surface area contributed by atoms with Gasteiger partial charge in [0.1, 0.15) is 11.2 Å². The molecule has 0 N–H and O–H groups in total. The molecule has 0 saturated carbocycles. The number of aryl methyl sites for hydroxylation is 1. The van der Waals surface area contributed by atoms with Gasteiger partial charge in [-0.05, 0) is 91.8 Å². The Bertz CT molecular complexity index is 3290. The lowest BCUT2D eigenvalue weighted by Crippen LogP contribution is -2.00. The maximum atomic E-state index is 6.53. The molecule has 9 aromatic carbocycles. The molecule has 0 fully saturated rings. The van der Waals surface area contributed by atoms with Crippen LogP contribution in [-0.4, -0.2) is 15.0 Å². The zero-order chi connectivity index (χ0) is 37.2. The monoisotopic (exact) mass is 715 g/mol. The van der Waals surface area contributed by atoms with E-state index in [4.69, 9.17) is 19.4 Å². The molecule has 0 aliphatic rings. The zero-order valence-corrected chi connectivity index (χ0v) is 30.6. The van der Waals surface area contributed by atoms with Crippen LogP contribution in [0.2, 0.25) is 0 Å². The lowest BCUT2D eigenvalue weighted by atomic mass is 9.93. The van der Waals surface area contributed by atoms with Crippen molar-refractivity contribution in [1.29, 1.82) is 0 Å². The van der Waals surface area contributed by atoms with Gasteiger partial charge >= 0.3 is 0 Å². The molecule has 0 radical (unpaired) electrons. The molecule has 0 saturated heterocycles. The van der Waals surface area contributed by atoms with Gasteiger partial charge in [-0.3, -0.25) is 0 Å². The molecular weight excluding hydrogens is 683 g/mol. The summed E-state index contributed by atoms with van der Waals surface area (Å²) in [5.41, 5.74) is 10.1. The molecule has 11 rings (SSSR count). The van der Waals surface area contributed by atoms with Crippen molar-refractivity contribution in [3.63, 3.8) is 0 Å². The number of nitrogens with zero attached hydrogens (tertiary/aromatic N) is 3. The molecule has 0 amide bonds. The van der Waals surface area contributed by atoms with Crippen LogP contribution in [0.4, 0.5) is 0 Å². The van der Waals surface area contributed by atoms with E-state index in [1.54, 1.807) is 0 Å². The van der Waals surface area contributed by atoms with Crippen LogP contribution < -0.4 is 0 Å². The quantitative estimate of drug-likeness (QED) is 0.167. The van der Waals surface area contributed by atoms with Gasteiger partial charge < -0.3 is 4.42 Å². The van der Waals surface area contributed by atoms with Gasteiger partial charge in [-0.2, -0.15) is 0 Å². The van der Waals surface area contributed by atoms with Gasteiger partial charge in [0.2, 0.25) is 0 Å². The molecular formula is C52H33N3O. The highest BCUT2D eigenvalue weighted by Crippen LogP contribution is 2.40. The van der Waals surface area contributed by atoms with Crippen molar-refractivity contribution in [2.24, 2.45) is 0 Å². The average molecular weight is 716 g/mol. The molecule has 11 aromatic rings. The molecule has 0 aliphatic heterocycles. The van der Waals surface area contributed by atoms with Gasteiger partial charge in [0, 0.05) is 27.5 Å². The molecule has 2 aromatic heterocycles. The third kappa shape index (κ3) is 5.34. The van der Waals surface area contributed by atoms with E-state index >= 15 is 0 Å². The van der Waals surface area contributed by atoms with E-state index < -0.39 is 0 Å². The predicted molar refractivity (Wildman–Crippen MR) is 232 cm³/mol. The van der Waals surface area contributed by atoms with Crippen molar-refractivity contribution in [1.82, 2.24) is 15.0 Å². The highest BCUT2D eigenvalue weighted by molar-refractivity contribution is 6.25. The van der Waals surface area contributed by atoms with Crippen molar-refractivity contribution in [3.8, 4) is 56.4 Å². The molecule has 56 heavy (non-hydrogen) atoms. The number of aromatic nitrogens is 3. The highest BCUT2D eigenvalue weighted by Gasteiger charge is 2.18. The van der Waals surface area contributed by atoms with Gasteiger partial charge in [0.25, 0.3) is 0 Å². The fraction of sp³-hybridized carbons (Fsp3) is 0.0192. The van der Waals surface area contributed by atoms with E-state index in [1.165, 1.54) is 37.9 Å². The fourth-order valence-electron chi connectivity index (χ4n) is 8.30. The first-order valence-electron chi connectivity index (χ1n) is 18.9. The second-order valence-electron chi connectivity index (χ2n) is 14.5. The standard InChI is InChI=1S/C52H33N3O/c1-32-12-9-15-34(28-32)35-16-10-17-36(29-35)50-53-51(37-24-26-44-42-20-6-5-18-40(42)41-19-7-8-21-43(41)46(44)30-37)55-52(54-50)38-25-27-45-48(31-38)56-47-23-11-22-39(49(45)47)33-13-3-2-4-14-33/h2-31H,1H3. The zero-order valence-electron chi connectivity index (χ0n) is 30.6. The average Bonchev–Trinajstić information content (AvgIpc) is 3.65. The van der Waals surface area contributed by atoms with E-state index in [9.17, 15) is 0 Å². The van der Waals surface area contributed by atoms with Crippen molar-refractivity contribution in [2.45, 2.75) is 6.92 Å². The van der Waals surface area contributed by atoms with Crippen LogP contribution >= 0.6 is 0 Å². The summed E-state index contributed by atoms with van der Waals surface area (Å²) in [5, 5.41) is 9.43. The third-order valence-electron chi connectivity index (χ3n) is 11.0. The topological polar surface area (TPSA) is 51.8 Å². The summed E-state index contributed by atoms with van der Waals surface area (Å²) in [6.45, 7) is 2.12. The second kappa shape index (κ2) is 12.9. The lowest BCUT2D eigenvalue weighted by molar-refractivity contribution is 0.669. The Kier molecular flexibility index (Phi) is 7.36. The largest absolute Gasteiger partial charge is 0.456 e. The molecule has 2 heterocycles. The minimum absolute atomic E-state index is 0.583. The van der Waals surface area contributed by atoms with E-state index in [-0.39, 0.29) is 0 Å². The first-order valence-corrected chi connectivity index (χ1v) is 18.9. The van der Waals surface area contributed by atoms with Crippen LogP contribution in [0.1, 0.15) is 5.56 Å². The Morgan fingerprint density at radius 3 is 1.50 bits per heavy atom. The van der Waals surface area contributed by atoms with Gasteiger partial charge in [-0.1, -0.05) is 157 Å². The molecule has 0 unspecified atom stereocenters. The molecule has 262 valence electrons. The Morgan fingerprint density at radius 1 is 0.321 bits per heavy atom. The summed E-state index contributed by atoms with van der Waals surface area (Å²) < 4.78 is 6.53. The van der Waals surface area contributed by atoms with Crippen molar-refractivity contribution in [2.75, 3.05) is 0 Å². The van der Waals surface area contributed by atoms with E-state index in [1.807, 2.05) is 12.1 Å². The van der Waals surface area contributed by atoms with Gasteiger partial charge in [0.05, 0.1) is 0 Å². The number of hydrogen-bond donors (Lipinski definition) is 0. The van der Waals surface area contributed by atoms with Gasteiger partial charge in [-0.15, -0.1) is 0 Å². The molecule has 0 bridgehead atoms. The fourth-order valence-corrected chi connectivity index (χ4v) is 8.30. The molecule has 4 nitrogen and oxygen atoms in total. The van der Waals surface area contributed by atoms with Crippen LogP contribution in [0.3, 0.4) is 0 Å². The summed E-state index contributed by atoms with van der Waals surface area (Å²) >= 11 is 0. The normalized spacial score (nSPS) is 11.7. The van der Waals surface area contributed by atoms with Crippen LogP contribution in [0.25, 0.3) is 111 Å². The Balaban J connectivity index is 1.12. The molecule has 0 atom stereocenters. The molecule has 0 aliphatic carbocycles. The lowest BCUT2D eigenvalue weighted by Gasteiger charge is -2.13. The number of furan rings is 1. The number of fused-ring (bicyclic) bond motifs is 9. The van der Waals surface area contributed by atoms with Crippen molar-refractivity contribution < 1.29 is 4.42 Å². The first-order chi connectivity index (χ1) is 27.6. The summed E-state index contributed by atoms with van der Waals surface area (Å²) in [6.07, 6.45) is 0. The molecule has 4 heteroatoms. The number of hydrogen-bond acceptors (Lipinski definition) is 4. The minimum Gasteiger partial charge on any atom is -0.456 e. The van der Waals surface area contributed by atoms with E-state index in [2.05, 4.69) is 177 Å². The summed E-state index contributed by atoms with van der Waals surface area (Å²) in [6, 6.07) is 63.9. The Hall–Kier alpha value is -7.43. The van der Waals surface area contributed by atoms with Crippen molar-refractivity contribution in [3.05, 3.63) is 188 Å². The minimum atomic E-state index is 0.583. The summed E-state index contributed by atoms with van der Waals surface area (Å²) in [7, 11) is 0. The van der Waals surface area contributed by atoms with Crippen LogP contribution in [-0.2, 0) is 0 Å². The SMILES string of the molecule is Cc1cccc(-c2cccc(-c3nc(-c4ccc5c(c4)oc4cccc(-c6ccccc6)c45)nc(-c4ccc5c6ccccc6c6ccccc6c5c4)n3)c2)c1. The predicted octanol–water partition coefficient (Wildman–Crippen LogP) is 13.9. The summed E-state index contributed by atoms with van der Waals surface area (Å²) in [4.78, 5) is 15.6. The van der Waals surface area contributed by atoms with E-state index in [0.29, 0.717) is 17.5 Å². The third-order valence-corrected chi connectivity index (χ3v) is 11.0. The summed E-state index contributed by atoms with van der Waals surface area (Å²) in [5.74, 6) is 1.81. The van der Waals surface area contributed by atoms with Gasteiger partial charge in [-0.25, -0.2) is 15.0 Å². The van der Waals surface area contributed by atoms with Crippen LogP contribution in [0.5, 0.6) is 0 Å². The first kappa shape index (κ1) is 32.0. The number of rotatable bonds is 5. The highest BCUT2D eigenvalue weighted by atomic mass is 16.3.